The standard InChI is InChI=1S/C10H12FNO2/c11-9-2-1-7(13)5-8(9)10-6-14-4-3-12-10/h1-2,5,10,12-13H,3-4,6H2. The molecule has 0 spiro atoms. The van der Waals surface area contributed by atoms with E-state index in [1.54, 1.807) is 0 Å². The van der Waals surface area contributed by atoms with Crippen LogP contribution in [0, 0.1) is 5.82 Å². The molecule has 1 fully saturated rings. The van der Waals surface area contributed by atoms with Crippen LogP contribution in [0.4, 0.5) is 4.39 Å². The Morgan fingerprint density at radius 1 is 1.50 bits per heavy atom. The first-order chi connectivity index (χ1) is 6.77. The molecule has 1 saturated heterocycles. The number of aromatic hydroxyl groups is 1. The number of hydrogen-bond donors (Lipinski definition) is 2. The number of phenolic OH excluding ortho intramolecular Hbond substituents is 1. The number of nitrogens with one attached hydrogen (secondary N) is 1. The van der Waals surface area contributed by atoms with E-state index in [1.807, 2.05) is 0 Å². The van der Waals surface area contributed by atoms with Crippen molar-refractivity contribution in [2.45, 2.75) is 6.04 Å². The Labute approximate surface area is 81.5 Å². The van der Waals surface area contributed by atoms with Crippen molar-refractivity contribution in [3.8, 4) is 5.75 Å². The zero-order valence-corrected chi connectivity index (χ0v) is 7.66. The number of ether oxygens (including phenoxy) is 1. The summed E-state index contributed by atoms with van der Waals surface area (Å²) in [6, 6.07) is 3.88. The minimum Gasteiger partial charge on any atom is -0.508 e. The van der Waals surface area contributed by atoms with E-state index in [1.165, 1.54) is 18.2 Å². The van der Waals surface area contributed by atoms with E-state index in [0.717, 1.165) is 0 Å². The van der Waals surface area contributed by atoms with Gasteiger partial charge in [0.05, 0.1) is 19.3 Å². The summed E-state index contributed by atoms with van der Waals surface area (Å²) in [5.74, 6) is -0.237. The molecule has 1 aliphatic heterocycles. The molecule has 1 unspecified atom stereocenters. The second kappa shape index (κ2) is 3.94. The molecule has 0 bridgehead atoms. The third-order valence-corrected chi connectivity index (χ3v) is 2.28. The summed E-state index contributed by atoms with van der Waals surface area (Å²) >= 11 is 0. The number of morpholine rings is 1. The van der Waals surface area contributed by atoms with Gasteiger partial charge < -0.3 is 15.2 Å². The number of phenols is 1. The van der Waals surface area contributed by atoms with Gasteiger partial charge in [0.25, 0.3) is 0 Å². The van der Waals surface area contributed by atoms with Gasteiger partial charge in [-0.3, -0.25) is 0 Å². The largest absolute Gasteiger partial charge is 0.508 e. The van der Waals surface area contributed by atoms with Gasteiger partial charge in [-0.1, -0.05) is 0 Å². The first kappa shape index (κ1) is 9.43. The van der Waals surface area contributed by atoms with Crippen molar-refractivity contribution in [3.63, 3.8) is 0 Å². The average Bonchev–Trinajstić information content (AvgIpc) is 2.23. The van der Waals surface area contributed by atoms with Crippen molar-refractivity contribution < 1.29 is 14.2 Å². The molecule has 3 nitrogen and oxygen atoms in total. The fourth-order valence-electron chi connectivity index (χ4n) is 1.56. The zero-order chi connectivity index (χ0) is 9.97. The van der Waals surface area contributed by atoms with E-state index in [-0.39, 0.29) is 17.6 Å². The molecule has 1 aliphatic rings. The van der Waals surface area contributed by atoms with Crippen LogP contribution in [0.5, 0.6) is 5.75 Å². The van der Waals surface area contributed by atoms with Gasteiger partial charge in [0.15, 0.2) is 0 Å². The fourth-order valence-corrected chi connectivity index (χ4v) is 1.56. The van der Waals surface area contributed by atoms with E-state index in [2.05, 4.69) is 5.32 Å². The highest BCUT2D eigenvalue weighted by molar-refractivity contribution is 5.31. The van der Waals surface area contributed by atoms with E-state index in [9.17, 15) is 9.50 Å². The predicted octanol–water partition coefficient (Wildman–Crippen LogP) is 1.19. The third kappa shape index (κ3) is 1.86. The molecule has 0 saturated carbocycles. The van der Waals surface area contributed by atoms with Crippen LogP contribution in [-0.2, 0) is 4.74 Å². The van der Waals surface area contributed by atoms with Gasteiger partial charge in [0, 0.05) is 12.1 Å². The van der Waals surface area contributed by atoms with Crippen molar-refractivity contribution in [1.82, 2.24) is 5.32 Å². The van der Waals surface area contributed by atoms with Crippen molar-refractivity contribution in [2.75, 3.05) is 19.8 Å². The van der Waals surface area contributed by atoms with Gasteiger partial charge in [0.2, 0.25) is 0 Å². The highest BCUT2D eigenvalue weighted by Crippen LogP contribution is 2.23. The lowest BCUT2D eigenvalue weighted by atomic mass is 10.1. The molecule has 1 heterocycles. The fraction of sp³-hybridized carbons (Fsp3) is 0.400. The quantitative estimate of drug-likeness (QED) is 0.710. The first-order valence-corrected chi connectivity index (χ1v) is 4.57. The second-order valence-electron chi connectivity index (χ2n) is 3.29. The van der Waals surface area contributed by atoms with Crippen molar-refractivity contribution in [3.05, 3.63) is 29.6 Å². The van der Waals surface area contributed by atoms with Crippen molar-refractivity contribution >= 4 is 0 Å². The molecule has 14 heavy (non-hydrogen) atoms. The molecular weight excluding hydrogens is 185 g/mol. The van der Waals surface area contributed by atoms with Crippen molar-refractivity contribution in [2.24, 2.45) is 0 Å². The molecule has 0 aliphatic carbocycles. The Morgan fingerprint density at radius 3 is 3.07 bits per heavy atom. The van der Waals surface area contributed by atoms with Gasteiger partial charge in [-0.2, -0.15) is 0 Å². The number of rotatable bonds is 1. The molecule has 1 aromatic carbocycles. The Morgan fingerprint density at radius 2 is 2.36 bits per heavy atom. The summed E-state index contributed by atoms with van der Waals surface area (Å²) in [5.41, 5.74) is 0.463. The molecule has 2 rings (SSSR count). The van der Waals surface area contributed by atoms with Gasteiger partial charge in [0.1, 0.15) is 11.6 Å². The van der Waals surface area contributed by atoms with Crippen LogP contribution in [0.2, 0.25) is 0 Å². The molecule has 4 heteroatoms. The maximum absolute atomic E-state index is 13.3. The Balaban J connectivity index is 2.24. The SMILES string of the molecule is Oc1ccc(F)c(C2COCCN2)c1. The van der Waals surface area contributed by atoms with Gasteiger partial charge in [-0.05, 0) is 18.2 Å². The summed E-state index contributed by atoms with van der Waals surface area (Å²) in [4.78, 5) is 0. The minimum absolute atomic E-state index is 0.0776. The van der Waals surface area contributed by atoms with Crippen LogP contribution >= 0.6 is 0 Å². The summed E-state index contributed by atoms with van der Waals surface area (Å²) in [6.45, 7) is 1.80. The lowest BCUT2D eigenvalue weighted by molar-refractivity contribution is 0.0757. The number of benzene rings is 1. The molecule has 0 amide bonds. The van der Waals surface area contributed by atoms with Crippen LogP contribution in [0.25, 0.3) is 0 Å². The topological polar surface area (TPSA) is 41.5 Å². The van der Waals surface area contributed by atoms with Gasteiger partial charge in [-0.15, -0.1) is 0 Å². The summed E-state index contributed by atoms with van der Waals surface area (Å²) < 4.78 is 18.6. The third-order valence-electron chi connectivity index (χ3n) is 2.28. The summed E-state index contributed by atoms with van der Waals surface area (Å²) in [5, 5.41) is 12.4. The summed E-state index contributed by atoms with van der Waals surface area (Å²) in [6.07, 6.45) is 0. The Kier molecular flexibility index (Phi) is 2.65. The van der Waals surface area contributed by atoms with Gasteiger partial charge in [-0.25, -0.2) is 4.39 Å². The van der Waals surface area contributed by atoms with Crippen LogP contribution in [0.15, 0.2) is 18.2 Å². The first-order valence-electron chi connectivity index (χ1n) is 4.57. The Bertz CT molecular complexity index is 324. The van der Waals surface area contributed by atoms with Crippen LogP contribution in [0.3, 0.4) is 0 Å². The minimum atomic E-state index is -0.314. The summed E-state index contributed by atoms with van der Waals surface area (Å²) in [7, 11) is 0. The lowest BCUT2D eigenvalue weighted by Gasteiger charge is -2.24. The number of hydrogen-bond acceptors (Lipinski definition) is 3. The molecule has 1 aromatic rings. The molecule has 0 radical (unpaired) electrons. The monoisotopic (exact) mass is 197 g/mol. The smallest absolute Gasteiger partial charge is 0.128 e. The Hall–Kier alpha value is -1.13. The van der Waals surface area contributed by atoms with Crippen molar-refractivity contribution in [1.29, 1.82) is 0 Å². The van der Waals surface area contributed by atoms with Gasteiger partial charge >= 0.3 is 0 Å². The zero-order valence-electron chi connectivity index (χ0n) is 7.66. The van der Waals surface area contributed by atoms with Crippen LogP contribution < -0.4 is 5.32 Å². The molecule has 0 aromatic heterocycles. The van der Waals surface area contributed by atoms with E-state index < -0.39 is 0 Å². The highest BCUT2D eigenvalue weighted by Gasteiger charge is 2.18. The predicted molar refractivity (Wildman–Crippen MR) is 49.6 cm³/mol. The second-order valence-corrected chi connectivity index (χ2v) is 3.29. The maximum atomic E-state index is 13.3. The molecular formula is C10H12FNO2. The van der Waals surface area contributed by atoms with E-state index in [0.29, 0.717) is 25.3 Å². The average molecular weight is 197 g/mol. The normalized spacial score (nSPS) is 22.2. The van der Waals surface area contributed by atoms with Crippen LogP contribution in [-0.4, -0.2) is 24.9 Å². The van der Waals surface area contributed by atoms with E-state index >= 15 is 0 Å². The lowest BCUT2D eigenvalue weighted by Crippen LogP contribution is -2.35. The molecule has 1 atom stereocenters. The van der Waals surface area contributed by atoms with E-state index in [4.69, 9.17) is 4.74 Å². The number of halogens is 1. The maximum Gasteiger partial charge on any atom is 0.128 e. The molecule has 76 valence electrons. The highest BCUT2D eigenvalue weighted by atomic mass is 19.1. The molecule has 2 N–H and O–H groups in total. The van der Waals surface area contributed by atoms with Crippen LogP contribution in [0.1, 0.15) is 11.6 Å².